The van der Waals surface area contributed by atoms with E-state index in [1.54, 1.807) is 30.1 Å². The molecule has 2 aromatic heterocycles. The summed E-state index contributed by atoms with van der Waals surface area (Å²) in [6.07, 6.45) is 5.68. The fourth-order valence-electron chi connectivity index (χ4n) is 3.36. The van der Waals surface area contributed by atoms with E-state index < -0.39 is 0 Å². The number of benzene rings is 1. The quantitative estimate of drug-likeness (QED) is 0.738. The first kappa shape index (κ1) is 16.3. The average molecular weight is 352 g/mol. The summed E-state index contributed by atoms with van der Waals surface area (Å²) in [5.74, 6) is 0.684. The van der Waals surface area contributed by atoms with Gasteiger partial charge in [-0.1, -0.05) is 12.1 Å². The summed E-state index contributed by atoms with van der Waals surface area (Å²) < 4.78 is 3.07. The van der Waals surface area contributed by atoms with Crippen LogP contribution in [0.25, 0.3) is 11.1 Å². The van der Waals surface area contributed by atoms with Crippen molar-refractivity contribution < 1.29 is 4.79 Å². The fourth-order valence-corrected chi connectivity index (χ4v) is 3.36. The van der Waals surface area contributed by atoms with Crippen LogP contribution in [0.1, 0.15) is 29.0 Å². The molecule has 1 aromatic carbocycles. The summed E-state index contributed by atoms with van der Waals surface area (Å²) in [5.41, 5.74) is 2.40. The maximum atomic E-state index is 12.7. The van der Waals surface area contributed by atoms with Gasteiger partial charge in [0.25, 0.3) is 5.91 Å². The maximum absolute atomic E-state index is 12.7. The fraction of sp³-hybridized carbons (Fsp3) is 0.333. The highest BCUT2D eigenvalue weighted by atomic mass is 16.2. The Kier molecular flexibility index (Phi) is 4.16. The van der Waals surface area contributed by atoms with Gasteiger partial charge in [0.15, 0.2) is 0 Å². The highest BCUT2D eigenvalue weighted by molar-refractivity contribution is 5.95. The van der Waals surface area contributed by atoms with Crippen molar-refractivity contribution in [3.8, 4) is 11.1 Å². The Morgan fingerprint density at radius 1 is 1.31 bits per heavy atom. The topological polar surface area (TPSA) is 97.6 Å². The highest BCUT2D eigenvalue weighted by Crippen LogP contribution is 2.19. The number of aromatic amines is 1. The van der Waals surface area contributed by atoms with Gasteiger partial charge in [-0.05, 0) is 30.5 Å². The van der Waals surface area contributed by atoms with Gasteiger partial charge in [-0.3, -0.25) is 14.5 Å². The molecule has 0 bridgehead atoms. The van der Waals surface area contributed by atoms with Crippen molar-refractivity contribution in [1.82, 2.24) is 29.9 Å². The molecule has 1 aliphatic rings. The van der Waals surface area contributed by atoms with Gasteiger partial charge in [0.1, 0.15) is 5.82 Å². The van der Waals surface area contributed by atoms with E-state index in [1.165, 1.54) is 4.68 Å². The Morgan fingerprint density at radius 2 is 2.19 bits per heavy atom. The number of hydrogen-bond donors (Lipinski definition) is 2. The smallest absolute Gasteiger partial charge is 0.345 e. The largest absolute Gasteiger partial charge is 0.349 e. The highest BCUT2D eigenvalue weighted by Gasteiger charge is 2.21. The van der Waals surface area contributed by atoms with E-state index in [0.29, 0.717) is 24.9 Å². The van der Waals surface area contributed by atoms with Crippen LogP contribution < -0.4 is 11.0 Å². The zero-order chi connectivity index (χ0) is 18.1. The number of nitrogens with zero attached hydrogens (tertiary/aromatic N) is 4. The molecule has 3 heterocycles. The summed E-state index contributed by atoms with van der Waals surface area (Å²) in [6, 6.07) is 7.49. The molecule has 0 radical (unpaired) electrons. The van der Waals surface area contributed by atoms with Crippen molar-refractivity contribution in [2.24, 2.45) is 7.05 Å². The van der Waals surface area contributed by atoms with Crippen LogP contribution >= 0.6 is 0 Å². The van der Waals surface area contributed by atoms with Crippen LogP contribution in [0.4, 0.5) is 0 Å². The number of amides is 1. The Hall–Kier alpha value is -3.16. The molecule has 1 amide bonds. The van der Waals surface area contributed by atoms with Crippen molar-refractivity contribution in [3.05, 3.63) is 58.5 Å². The number of hydrogen-bond acceptors (Lipinski definition) is 4. The number of carbonyl (C=O) groups is 1. The molecule has 0 fully saturated rings. The summed E-state index contributed by atoms with van der Waals surface area (Å²) in [5, 5.41) is 14.1. The zero-order valence-corrected chi connectivity index (χ0v) is 14.5. The SMILES string of the molecule is Cn1nc2n(c1=O)CCC(NC(=O)c1cccc(-c3cn[nH]c3)c1)CC2. The molecule has 1 aliphatic heterocycles. The summed E-state index contributed by atoms with van der Waals surface area (Å²) in [4.78, 5) is 24.7. The van der Waals surface area contributed by atoms with E-state index in [-0.39, 0.29) is 17.6 Å². The van der Waals surface area contributed by atoms with Crippen LogP contribution in [0.15, 0.2) is 41.5 Å². The van der Waals surface area contributed by atoms with Crippen molar-refractivity contribution in [2.75, 3.05) is 0 Å². The number of carbonyl (C=O) groups excluding carboxylic acids is 1. The normalized spacial score (nSPS) is 16.7. The molecule has 1 atom stereocenters. The molecule has 3 aromatic rings. The first-order chi connectivity index (χ1) is 12.6. The minimum absolute atomic E-state index is 0.0199. The third-order valence-electron chi connectivity index (χ3n) is 4.79. The first-order valence-electron chi connectivity index (χ1n) is 8.64. The van der Waals surface area contributed by atoms with Gasteiger partial charge in [0.05, 0.1) is 6.20 Å². The monoisotopic (exact) mass is 352 g/mol. The van der Waals surface area contributed by atoms with Gasteiger partial charge in [-0.2, -0.15) is 10.2 Å². The summed E-state index contributed by atoms with van der Waals surface area (Å²) in [6.45, 7) is 0.571. The Morgan fingerprint density at radius 3 is 3.00 bits per heavy atom. The Bertz CT molecular complexity index is 986. The van der Waals surface area contributed by atoms with Crippen molar-refractivity contribution in [2.45, 2.75) is 31.8 Å². The predicted octanol–water partition coefficient (Wildman–Crippen LogP) is 1.11. The van der Waals surface area contributed by atoms with Crippen LogP contribution in [0.5, 0.6) is 0 Å². The molecule has 0 saturated heterocycles. The minimum atomic E-state index is -0.104. The molecule has 0 spiro atoms. The van der Waals surface area contributed by atoms with E-state index in [4.69, 9.17) is 0 Å². The second-order valence-electron chi connectivity index (χ2n) is 6.54. The standard InChI is InChI=1S/C18H20N6O2/c1-23-18(26)24-8-7-15(5-6-16(24)22-23)21-17(25)13-4-2-3-12(9-13)14-10-19-20-11-14/h2-4,9-11,15H,5-8H2,1H3,(H,19,20)(H,21,25). The molecule has 26 heavy (non-hydrogen) atoms. The van der Waals surface area contributed by atoms with Crippen molar-refractivity contribution >= 4 is 5.91 Å². The molecule has 134 valence electrons. The van der Waals surface area contributed by atoms with Crippen LogP contribution in [-0.4, -0.2) is 36.5 Å². The van der Waals surface area contributed by atoms with E-state index in [0.717, 1.165) is 23.4 Å². The maximum Gasteiger partial charge on any atom is 0.345 e. The lowest BCUT2D eigenvalue weighted by atomic mass is 10.0. The minimum Gasteiger partial charge on any atom is -0.349 e. The van der Waals surface area contributed by atoms with Gasteiger partial charge in [0.2, 0.25) is 0 Å². The molecule has 0 saturated carbocycles. The first-order valence-corrected chi connectivity index (χ1v) is 8.64. The number of aromatic nitrogens is 5. The number of H-pyrrole nitrogens is 1. The molecular formula is C18H20N6O2. The number of aryl methyl sites for hydroxylation is 2. The van der Waals surface area contributed by atoms with E-state index in [9.17, 15) is 9.59 Å². The number of nitrogens with one attached hydrogen (secondary N) is 2. The summed E-state index contributed by atoms with van der Waals surface area (Å²) >= 11 is 0. The average Bonchev–Trinajstić information content (AvgIpc) is 3.22. The van der Waals surface area contributed by atoms with Crippen molar-refractivity contribution in [1.29, 1.82) is 0 Å². The predicted molar refractivity (Wildman–Crippen MR) is 95.7 cm³/mol. The second-order valence-corrected chi connectivity index (χ2v) is 6.54. The third-order valence-corrected chi connectivity index (χ3v) is 4.79. The van der Waals surface area contributed by atoms with Crippen molar-refractivity contribution in [3.63, 3.8) is 0 Å². The molecule has 8 nitrogen and oxygen atoms in total. The number of rotatable bonds is 3. The lowest BCUT2D eigenvalue weighted by Crippen LogP contribution is -2.35. The molecule has 0 aliphatic carbocycles. The Balaban J connectivity index is 1.46. The molecule has 4 rings (SSSR count). The molecular weight excluding hydrogens is 332 g/mol. The lowest BCUT2D eigenvalue weighted by molar-refractivity contribution is 0.0933. The van der Waals surface area contributed by atoms with Crippen LogP contribution in [0, 0.1) is 0 Å². The lowest BCUT2D eigenvalue weighted by Gasteiger charge is -2.16. The van der Waals surface area contributed by atoms with E-state index in [2.05, 4.69) is 20.6 Å². The summed E-state index contributed by atoms with van der Waals surface area (Å²) in [7, 11) is 1.66. The second kappa shape index (κ2) is 6.62. The zero-order valence-electron chi connectivity index (χ0n) is 14.5. The van der Waals surface area contributed by atoms with Crippen LogP contribution in [0.3, 0.4) is 0 Å². The van der Waals surface area contributed by atoms with Gasteiger partial charge in [0, 0.05) is 43.4 Å². The van der Waals surface area contributed by atoms with Gasteiger partial charge < -0.3 is 5.32 Å². The van der Waals surface area contributed by atoms with Gasteiger partial charge in [-0.15, -0.1) is 0 Å². The van der Waals surface area contributed by atoms with E-state index in [1.807, 2.05) is 18.2 Å². The van der Waals surface area contributed by atoms with Gasteiger partial charge in [-0.25, -0.2) is 9.48 Å². The van der Waals surface area contributed by atoms with Gasteiger partial charge >= 0.3 is 5.69 Å². The molecule has 2 N–H and O–H groups in total. The van der Waals surface area contributed by atoms with Crippen LogP contribution in [-0.2, 0) is 20.0 Å². The Labute approximate surface area is 149 Å². The molecule has 8 heteroatoms. The molecule has 1 unspecified atom stereocenters. The number of fused-ring (bicyclic) bond motifs is 1. The van der Waals surface area contributed by atoms with E-state index >= 15 is 0 Å². The third kappa shape index (κ3) is 3.05. The van der Waals surface area contributed by atoms with Crippen LogP contribution in [0.2, 0.25) is 0 Å².